The Kier molecular flexibility index (Phi) is 10.5. The number of rotatable bonds is 9. The summed E-state index contributed by atoms with van der Waals surface area (Å²) in [5.74, 6) is -2.59. The molecule has 1 aromatic heterocycles. The van der Waals surface area contributed by atoms with E-state index in [0.717, 1.165) is 5.56 Å². The van der Waals surface area contributed by atoms with E-state index in [-0.39, 0.29) is 21.0 Å². The number of benzene rings is 3. The zero-order chi connectivity index (χ0) is 29.8. The Hall–Kier alpha value is -2.50. The predicted molar refractivity (Wildman–Crippen MR) is 169 cm³/mol. The van der Waals surface area contributed by atoms with Crippen molar-refractivity contribution in [1.82, 2.24) is 4.98 Å². The van der Waals surface area contributed by atoms with Crippen LogP contribution in [0.25, 0.3) is 11.3 Å². The number of carboxylic acids is 1. The minimum Gasteiger partial charge on any atom is -0.478 e. The molecule has 0 aliphatic rings. The highest BCUT2D eigenvalue weighted by Crippen LogP contribution is 2.42. The fourth-order valence-corrected chi connectivity index (χ4v) is 6.66. The molecule has 3 N–H and O–H groups in total. The molecule has 0 bridgehead atoms. The summed E-state index contributed by atoms with van der Waals surface area (Å²) in [7, 11) is 0. The van der Waals surface area contributed by atoms with Gasteiger partial charge in [0.15, 0.2) is 5.13 Å². The van der Waals surface area contributed by atoms with E-state index in [1.807, 2.05) is 30.5 Å². The molecule has 14 heteroatoms. The molecule has 0 saturated carbocycles. The first kappa shape index (κ1) is 31.4. The number of thioether (sulfide) groups is 1. The Morgan fingerprint density at radius 1 is 0.927 bits per heavy atom. The van der Waals surface area contributed by atoms with Crippen LogP contribution in [-0.4, -0.2) is 33.1 Å². The molecule has 0 aliphatic heterocycles. The van der Waals surface area contributed by atoms with Gasteiger partial charge < -0.3 is 15.7 Å². The summed E-state index contributed by atoms with van der Waals surface area (Å²) < 4.78 is 0. The van der Waals surface area contributed by atoms with Crippen molar-refractivity contribution >= 4 is 110 Å². The van der Waals surface area contributed by atoms with Crippen LogP contribution in [0.3, 0.4) is 0 Å². The van der Waals surface area contributed by atoms with Gasteiger partial charge in [-0.2, -0.15) is 0 Å². The number of carboxylic acid groups (broad SMARTS) is 1. The molecule has 0 aliphatic carbocycles. The minimum atomic E-state index is -1.50. The van der Waals surface area contributed by atoms with Crippen LogP contribution < -0.4 is 10.6 Å². The normalized spacial score (nSPS) is 11.7. The van der Waals surface area contributed by atoms with E-state index in [1.54, 1.807) is 30.3 Å². The zero-order valence-corrected chi connectivity index (χ0v) is 26.2. The van der Waals surface area contributed by atoms with Gasteiger partial charge in [-0.25, -0.2) is 9.78 Å². The lowest BCUT2D eigenvalue weighted by molar-refractivity contribution is -0.115. The smallest absolute Gasteiger partial charge is 0.338 e. The molecule has 1 atom stereocenters. The summed E-state index contributed by atoms with van der Waals surface area (Å²) in [5.41, 5.74) is 0.758. The average molecular weight is 690 g/mol. The monoisotopic (exact) mass is 687 g/mol. The molecule has 0 spiro atoms. The van der Waals surface area contributed by atoms with Crippen molar-refractivity contribution in [3.63, 3.8) is 0 Å². The van der Waals surface area contributed by atoms with Crippen LogP contribution in [0.15, 0.2) is 58.8 Å². The summed E-state index contributed by atoms with van der Waals surface area (Å²) in [6.45, 7) is 1.88. The van der Waals surface area contributed by atoms with E-state index in [4.69, 9.17) is 58.0 Å². The Balaban J connectivity index is 1.49. The van der Waals surface area contributed by atoms with Crippen molar-refractivity contribution in [1.29, 1.82) is 0 Å². The third kappa shape index (κ3) is 7.11. The second kappa shape index (κ2) is 13.6. The number of carbonyl (C=O) groups is 3. The Labute approximate surface area is 268 Å². The fraction of sp³-hybridized carbons (Fsp3) is 0.111. The van der Waals surface area contributed by atoms with E-state index in [1.165, 1.54) is 23.1 Å². The van der Waals surface area contributed by atoms with Gasteiger partial charge in [-0.3, -0.25) is 9.59 Å². The first-order valence-electron chi connectivity index (χ1n) is 11.7. The number of thiazole rings is 1. The number of hydrogen-bond acceptors (Lipinski definition) is 6. The van der Waals surface area contributed by atoms with Crippen molar-refractivity contribution in [2.24, 2.45) is 0 Å². The molecule has 1 heterocycles. The van der Waals surface area contributed by atoms with Crippen LogP contribution in [0.4, 0.5) is 10.8 Å². The maximum atomic E-state index is 13.1. The van der Waals surface area contributed by atoms with Gasteiger partial charge in [-0.05, 0) is 30.7 Å². The van der Waals surface area contributed by atoms with Gasteiger partial charge in [0.1, 0.15) is 0 Å². The molecule has 1 unspecified atom stereocenters. The summed E-state index contributed by atoms with van der Waals surface area (Å²) in [5, 5.41) is 16.2. The average Bonchev–Trinajstić information content (AvgIpc) is 3.40. The van der Waals surface area contributed by atoms with Gasteiger partial charge in [-0.15, -0.1) is 23.1 Å². The van der Waals surface area contributed by atoms with Gasteiger partial charge in [-0.1, -0.05) is 89.2 Å². The minimum absolute atomic E-state index is 0.240. The molecule has 0 saturated heterocycles. The van der Waals surface area contributed by atoms with E-state index in [9.17, 15) is 19.5 Å². The van der Waals surface area contributed by atoms with Crippen LogP contribution in [0.5, 0.6) is 0 Å². The van der Waals surface area contributed by atoms with E-state index in [2.05, 4.69) is 15.6 Å². The van der Waals surface area contributed by atoms with Gasteiger partial charge in [0.05, 0.1) is 42.2 Å². The first-order chi connectivity index (χ1) is 19.5. The zero-order valence-electron chi connectivity index (χ0n) is 20.8. The number of amides is 2. The standard InChI is InChI=1S/C27H18Cl5N3O4S2/c1-2-17(24(36)35-27-34-16(11-40-27)14-8-3-4-9-15(14)28)41-13-7-5-6-12(10-13)33-25(37)18-19(26(38)39)21(30)23(32)22(31)20(18)29/h3-11,17H,2H2,1H3,(H,33,37)(H,38,39)(H,34,35,36). The van der Waals surface area contributed by atoms with Gasteiger partial charge in [0.2, 0.25) is 5.91 Å². The third-order valence-corrected chi connectivity index (χ3v) is 9.87. The SMILES string of the molecule is CCC(Sc1cccc(NC(=O)c2c(Cl)c(Cl)c(Cl)c(Cl)c2C(=O)O)c1)C(=O)Nc1nc(-c2ccccc2Cl)cs1. The first-order valence-corrected chi connectivity index (χ1v) is 15.3. The topological polar surface area (TPSA) is 108 Å². The molecule has 2 amide bonds. The van der Waals surface area contributed by atoms with Crippen molar-refractivity contribution in [2.45, 2.75) is 23.5 Å². The number of anilines is 2. The van der Waals surface area contributed by atoms with Crippen molar-refractivity contribution < 1.29 is 19.5 Å². The van der Waals surface area contributed by atoms with E-state index < -0.39 is 33.3 Å². The number of nitrogens with one attached hydrogen (secondary N) is 2. The largest absolute Gasteiger partial charge is 0.478 e. The fourth-order valence-electron chi connectivity index (χ4n) is 3.68. The van der Waals surface area contributed by atoms with Crippen molar-refractivity contribution in [3.8, 4) is 11.3 Å². The van der Waals surface area contributed by atoms with Crippen LogP contribution in [0, 0.1) is 0 Å². The van der Waals surface area contributed by atoms with Crippen molar-refractivity contribution in [3.05, 3.63) is 90.2 Å². The summed E-state index contributed by atoms with van der Waals surface area (Å²) in [6, 6.07) is 14.0. The third-order valence-electron chi connectivity index (χ3n) is 5.63. The van der Waals surface area contributed by atoms with E-state index >= 15 is 0 Å². The quantitative estimate of drug-likeness (QED) is 0.0918. The van der Waals surface area contributed by atoms with Crippen LogP contribution in [0.2, 0.25) is 25.1 Å². The lowest BCUT2D eigenvalue weighted by atomic mass is 10.1. The maximum Gasteiger partial charge on any atom is 0.338 e. The molecule has 212 valence electrons. The lowest BCUT2D eigenvalue weighted by Gasteiger charge is -2.16. The number of nitrogens with zero attached hydrogens (tertiary/aromatic N) is 1. The molecule has 41 heavy (non-hydrogen) atoms. The molecule has 7 nitrogen and oxygen atoms in total. The molecular weight excluding hydrogens is 672 g/mol. The highest BCUT2D eigenvalue weighted by atomic mass is 35.5. The van der Waals surface area contributed by atoms with Crippen molar-refractivity contribution in [2.75, 3.05) is 10.6 Å². The molecule has 0 radical (unpaired) electrons. The summed E-state index contributed by atoms with van der Waals surface area (Å²) >= 11 is 33.1. The number of aromatic carboxylic acids is 1. The number of aromatic nitrogens is 1. The predicted octanol–water partition coefficient (Wildman–Crippen LogP) is 9.54. The second-order valence-corrected chi connectivity index (χ2v) is 12.4. The van der Waals surface area contributed by atoms with Crippen LogP contribution >= 0.6 is 81.1 Å². The number of hydrogen-bond donors (Lipinski definition) is 3. The molecule has 4 aromatic rings. The molecule has 0 fully saturated rings. The van der Waals surface area contributed by atoms with Gasteiger partial charge >= 0.3 is 5.97 Å². The molecule has 3 aromatic carbocycles. The second-order valence-electron chi connectivity index (χ2n) is 8.31. The van der Waals surface area contributed by atoms with E-state index in [0.29, 0.717) is 32.9 Å². The lowest BCUT2D eigenvalue weighted by Crippen LogP contribution is -2.24. The Morgan fingerprint density at radius 2 is 1.61 bits per heavy atom. The maximum absolute atomic E-state index is 13.1. The highest BCUT2D eigenvalue weighted by molar-refractivity contribution is 8.00. The Morgan fingerprint density at radius 3 is 2.27 bits per heavy atom. The van der Waals surface area contributed by atoms with Crippen LogP contribution in [-0.2, 0) is 4.79 Å². The number of carbonyl (C=O) groups excluding carboxylic acids is 2. The van der Waals surface area contributed by atoms with Crippen LogP contribution in [0.1, 0.15) is 34.1 Å². The van der Waals surface area contributed by atoms with Gasteiger partial charge in [0.25, 0.3) is 5.91 Å². The van der Waals surface area contributed by atoms with Gasteiger partial charge in [0, 0.05) is 26.5 Å². The molecular formula is C27H18Cl5N3O4S2. The highest BCUT2D eigenvalue weighted by Gasteiger charge is 2.29. The summed E-state index contributed by atoms with van der Waals surface area (Å²) in [4.78, 5) is 43.2. The summed E-state index contributed by atoms with van der Waals surface area (Å²) in [6.07, 6.45) is 0.509. The number of halogens is 5. The molecule has 4 rings (SSSR count). The Bertz CT molecular complexity index is 1660.